The lowest BCUT2D eigenvalue weighted by atomic mass is 10.1. The van der Waals surface area contributed by atoms with Gasteiger partial charge in [0.1, 0.15) is 0 Å². The summed E-state index contributed by atoms with van der Waals surface area (Å²) in [6, 6.07) is 0. The van der Waals surface area contributed by atoms with Crippen molar-refractivity contribution in [2.75, 3.05) is 66.0 Å². The van der Waals surface area contributed by atoms with E-state index in [4.69, 9.17) is 4.74 Å². The third-order valence-corrected chi connectivity index (χ3v) is 4.08. The van der Waals surface area contributed by atoms with E-state index < -0.39 is 0 Å². The fraction of sp³-hybridized carbons (Fsp3) is 1.00. The molecular formula is C14H29N3O2. The summed E-state index contributed by atoms with van der Waals surface area (Å²) in [4.78, 5) is 7.36. The van der Waals surface area contributed by atoms with Crippen LogP contribution in [0.25, 0.3) is 0 Å². The van der Waals surface area contributed by atoms with E-state index in [1.165, 1.54) is 26.2 Å². The zero-order valence-corrected chi connectivity index (χ0v) is 12.6. The maximum atomic E-state index is 9.32. The minimum atomic E-state index is -0.145. The quantitative estimate of drug-likeness (QED) is 0.760. The minimum Gasteiger partial charge on any atom is -0.394 e. The highest BCUT2D eigenvalue weighted by Gasteiger charge is 2.32. The molecule has 2 fully saturated rings. The molecule has 2 heterocycles. The summed E-state index contributed by atoms with van der Waals surface area (Å²) in [5.74, 6) is 0. The fourth-order valence-corrected chi connectivity index (χ4v) is 3.04. The number of likely N-dealkylation sites (N-methyl/N-ethyl adjacent to an activating group) is 1. The summed E-state index contributed by atoms with van der Waals surface area (Å²) in [7, 11) is 2.19. The van der Waals surface area contributed by atoms with Crippen molar-refractivity contribution in [1.82, 2.24) is 14.7 Å². The summed E-state index contributed by atoms with van der Waals surface area (Å²) >= 11 is 0. The van der Waals surface area contributed by atoms with Crippen molar-refractivity contribution in [3.63, 3.8) is 0 Å². The highest BCUT2D eigenvalue weighted by Crippen LogP contribution is 2.20. The Balaban J connectivity index is 1.75. The van der Waals surface area contributed by atoms with E-state index in [0.717, 1.165) is 26.2 Å². The first-order chi connectivity index (χ1) is 8.98. The third-order valence-electron chi connectivity index (χ3n) is 4.08. The average molecular weight is 271 g/mol. The Morgan fingerprint density at radius 2 is 1.74 bits per heavy atom. The molecule has 2 aliphatic heterocycles. The number of nitrogens with zero attached hydrogens (tertiary/aromatic N) is 3. The zero-order chi connectivity index (χ0) is 13.9. The van der Waals surface area contributed by atoms with Crippen LogP contribution in [0.5, 0.6) is 0 Å². The molecule has 2 rings (SSSR count). The van der Waals surface area contributed by atoms with E-state index in [2.05, 4.69) is 35.6 Å². The van der Waals surface area contributed by atoms with Gasteiger partial charge in [0.05, 0.1) is 18.3 Å². The van der Waals surface area contributed by atoms with Gasteiger partial charge in [0.2, 0.25) is 0 Å². The number of rotatable bonds is 4. The normalized spacial score (nSPS) is 30.6. The number of piperazine rings is 1. The second-order valence-electron chi connectivity index (χ2n) is 6.56. The van der Waals surface area contributed by atoms with Crippen molar-refractivity contribution in [3.8, 4) is 0 Å². The van der Waals surface area contributed by atoms with Crippen LogP contribution < -0.4 is 0 Å². The standard InChI is InChI=1S/C14H29N3O2/c1-14(2)12-17(10-13(11-18)19-14)9-8-16-6-4-15(3)5-7-16/h13,18H,4-12H2,1-3H3. The molecule has 0 spiro atoms. The molecular weight excluding hydrogens is 242 g/mol. The molecule has 0 bridgehead atoms. The van der Waals surface area contributed by atoms with Crippen LogP contribution in [0.4, 0.5) is 0 Å². The van der Waals surface area contributed by atoms with E-state index in [0.29, 0.717) is 0 Å². The summed E-state index contributed by atoms with van der Waals surface area (Å²) < 4.78 is 5.85. The molecule has 1 unspecified atom stereocenters. The molecule has 0 saturated carbocycles. The number of hydrogen-bond acceptors (Lipinski definition) is 5. The fourth-order valence-electron chi connectivity index (χ4n) is 3.04. The van der Waals surface area contributed by atoms with E-state index in [9.17, 15) is 5.11 Å². The summed E-state index contributed by atoms with van der Waals surface area (Å²) in [5, 5.41) is 9.32. The van der Waals surface area contributed by atoms with Gasteiger partial charge >= 0.3 is 0 Å². The first-order valence-corrected chi connectivity index (χ1v) is 7.40. The van der Waals surface area contributed by atoms with Gasteiger partial charge in [-0.2, -0.15) is 0 Å². The Morgan fingerprint density at radius 3 is 2.37 bits per heavy atom. The SMILES string of the molecule is CN1CCN(CCN2CC(CO)OC(C)(C)C2)CC1. The smallest absolute Gasteiger partial charge is 0.0940 e. The van der Waals surface area contributed by atoms with Crippen molar-refractivity contribution in [2.24, 2.45) is 0 Å². The molecule has 2 aliphatic rings. The van der Waals surface area contributed by atoms with Gasteiger partial charge in [0, 0.05) is 52.4 Å². The van der Waals surface area contributed by atoms with Gasteiger partial charge in [-0.15, -0.1) is 0 Å². The summed E-state index contributed by atoms with van der Waals surface area (Å²) in [6.07, 6.45) is -0.0313. The van der Waals surface area contributed by atoms with E-state index >= 15 is 0 Å². The lowest BCUT2D eigenvalue weighted by Gasteiger charge is -2.43. The molecule has 1 N–H and O–H groups in total. The molecule has 112 valence electrons. The van der Waals surface area contributed by atoms with Crippen LogP contribution in [0.3, 0.4) is 0 Å². The first kappa shape index (κ1) is 15.2. The highest BCUT2D eigenvalue weighted by atomic mass is 16.5. The predicted octanol–water partition coefficient (Wildman–Crippen LogP) is -0.294. The molecule has 0 radical (unpaired) electrons. The van der Waals surface area contributed by atoms with Crippen LogP contribution in [-0.2, 0) is 4.74 Å². The minimum absolute atomic E-state index is 0.0313. The Kier molecular flexibility index (Phi) is 5.20. The predicted molar refractivity (Wildman–Crippen MR) is 76.4 cm³/mol. The second-order valence-corrected chi connectivity index (χ2v) is 6.56. The Hall–Kier alpha value is -0.200. The van der Waals surface area contributed by atoms with Crippen molar-refractivity contribution in [2.45, 2.75) is 25.6 Å². The van der Waals surface area contributed by atoms with E-state index in [1.807, 2.05) is 0 Å². The lowest BCUT2D eigenvalue weighted by Crippen LogP contribution is -2.55. The van der Waals surface area contributed by atoms with Gasteiger partial charge in [-0.1, -0.05) is 0 Å². The molecule has 2 saturated heterocycles. The topological polar surface area (TPSA) is 39.2 Å². The second kappa shape index (κ2) is 6.50. The van der Waals surface area contributed by atoms with E-state index in [1.54, 1.807) is 0 Å². The van der Waals surface area contributed by atoms with Crippen LogP contribution >= 0.6 is 0 Å². The monoisotopic (exact) mass is 271 g/mol. The van der Waals surface area contributed by atoms with Crippen molar-refractivity contribution < 1.29 is 9.84 Å². The Labute approximate surface area is 117 Å². The van der Waals surface area contributed by atoms with Gasteiger partial charge in [-0.05, 0) is 20.9 Å². The Bertz CT molecular complexity index is 278. The number of morpholine rings is 1. The van der Waals surface area contributed by atoms with Crippen LogP contribution in [0.2, 0.25) is 0 Å². The van der Waals surface area contributed by atoms with E-state index in [-0.39, 0.29) is 18.3 Å². The first-order valence-electron chi connectivity index (χ1n) is 7.40. The van der Waals surface area contributed by atoms with Crippen LogP contribution in [0, 0.1) is 0 Å². The maximum absolute atomic E-state index is 9.32. The molecule has 1 atom stereocenters. The maximum Gasteiger partial charge on any atom is 0.0940 e. The summed E-state index contributed by atoms with van der Waals surface area (Å²) in [5.41, 5.74) is -0.145. The van der Waals surface area contributed by atoms with Crippen molar-refractivity contribution in [1.29, 1.82) is 0 Å². The van der Waals surface area contributed by atoms with Gasteiger partial charge in [-0.3, -0.25) is 9.80 Å². The van der Waals surface area contributed by atoms with Crippen LogP contribution in [0.1, 0.15) is 13.8 Å². The molecule has 0 amide bonds. The number of ether oxygens (including phenoxy) is 1. The molecule has 5 heteroatoms. The van der Waals surface area contributed by atoms with Crippen LogP contribution in [-0.4, -0.2) is 97.5 Å². The molecule has 0 aromatic heterocycles. The molecule has 5 nitrogen and oxygen atoms in total. The van der Waals surface area contributed by atoms with Gasteiger partial charge in [0.15, 0.2) is 0 Å². The van der Waals surface area contributed by atoms with Gasteiger partial charge in [-0.25, -0.2) is 0 Å². The third kappa shape index (κ3) is 4.68. The number of aliphatic hydroxyl groups excluding tert-OH is 1. The molecule has 0 aromatic carbocycles. The van der Waals surface area contributed by atoms with Gasteiger partial charge in [0.25, 0.3) is 0 Å². The largest absolute Gasteiger partial charge is 0.394 e. The molecule has 19 heavy (non-hydrogen) atoms. The molecule has 0 aromatic rings. The highest BCUT2D eigenvalue weighted by molar-refractivity contribution is 4.84. The Morgan fingerprint density at radius 1 is 1.11 bits per heavy atom. The lowest BCUT2D eigenvalue weighted by molar-refractivity contribution is -0.149. The zero-order valence-electron chi connectivity index (χ0n) is 12.6. The summed E-state index contributed by atoms with van der Waals surface area (Å²) in [6.45, 7) is 13.0. The molecule has 0 aliphatic carbocycles. The van der Waals surface area contributed by atoms with Crippen molar-refractivity contribution >= 4 is 0 Å². The number of hydrogen-bond donors (Lipinski definition) is 1. The average Bonchev–Trinajstić information content (AvgIpc) is 2.36. The van der Waals surface area contributed by atoms with Crippen molar-refractivity contribution in [3.05, 3.63) is 0 Å². The van der Waals surface area contributed by atoms with Crippen LogP contribution in [0.15, 0.2) is 0 Å². The number of aliphatic hydroxyl groups is 1. The van der Waals surface area contributed by atoms with Gasteiger partial charge < -0.3 is 14.7 Å².